The maximum absolute atomic E-state index is 14.1. The summed E-state index contributed by atoms with van der Waals surface area (Å²) < 4.78 is 2.62. The lowest BCUT2D eigenvalue weighted by Gasteiger charge is -2.31. The smallest absolute Gasteiger partial charge is 0.234 e. The van der Waals surface area contributed by atoms with E-state index in [2.05, 4.69) is 23.9 Å². The number of hydrogen-bond donors (Lipinski definition) is 1. The van der Waals surface area contributed by atoms with Crippen LogP contribution in [0.2, 0.25) is 4.34 Å². The zero-order chi connectivity index (χ0) is 25.2. The molecule has 0 bridgehead atoms. The van der Waals surface area contributed by atoms with Crippen molar-refractivity contribution in [2.45, 2.75) is 58.0 Å². The van der Waals surface area contributed by atoms with Crippen LogP contribution in [0.4, 0.5) is 5.69 Å². The van der Waals surface area contributed by atoms with E-state index >= 15 is 0 Å². The molecule has 0 fully saturated rings. The number of phenolic OH excluding ortho intramolecular Hbond substituents is 1. The van der Waals surface area contributed by atoms with Crippen molar-refractivity contribution >= 4 is 34.5 Å². The monoisotopic (exact) mass is 520 g/mol. The molecule has 1 N–H and O–H groups in total. The highest BCUT2D eigenvalue weighted by Crippen LogP contribution is 2.38. The fourth-order valence-corrected chi connectivity index (χ4v) is 5.90. The molecule has 1 aliphatic rings. The van der Waals surface area contributed by atoms with Crippen LogP contribution in [-0.2, 0) is 24.3 Å². The molecule has 5 rings (SSSR count). The number of fused-ring (bicyclic) bond motifs is 1. The first-order valence-electron chi connectivity index (χ1n) is 12.2. The summed E-state index contributed by atoms with van der Waals surface area (Å²) in [5, 5.41) is 14.9. The first-order valence-corrected chi connectivity index (χ1v) is 13.4. The molecule has 0 spiro atoms. The fourth-order valence-electron chi connectivity index (χ4n) is 4.82. The van der Waals surface area contributed by atoms with Crippen molar-refractivity contribution in [2.24, 2.45) is 0 Å². The highest BCUT2D eigenvalue weighted by Gasteiger charge is 2.32. The molecule has 0 saturated carbocycles. The fraction of sp³-hybridized carbons (Fsp3) is 0.321. The van der Waals surface area contributed by atoms with Gasteiger partial charge in [0, 0.05) is 22.3 Å². The Labute approximate surface area is 220 Å². The molecular weight excluding hydrogens is 492 g/mol. The number of hydrogen-bond acceptors (Lipinski definition) is 5. The molecule has 1 unspecified atom stereocenters. The van der Waals surface area contributed by atoms with Crippen LogP contribution in [0.15, 0.2) is 61.1 Å². The summed E-state index contributed by atoms with van der Waals surface area (Å²) in [6, 6.07) is 13.4. The lowest BCUT2D eigenvalue weighted by atomic mass is 9.81. The van der Waals surface area contributed by atoms with Crippen LogP contribution in [-0.4, -0.2) is 25.8 Å². The van der Waals surface area contributed by atoms with Gasteiger partial charge in [0.05, 0.1) is 41.4 Å². The van der Waals surface area contributed by atoms with Gasteiger partial charge in [-0.2, -0.15) is 5.10 Å². The van der Waals surface area contributed by atoms with Crippen LogP contribution < -0.4 is 4.90 Å². The van der Waals surface area contributed by atoms with Crippen molar-refractivity contribution in [3.8, 4) is 5.75 Å². The van der Waals surface area contributed by atoms with Crippen LogP contribution in [0.5, 0.6) is 5.75 Å². The topological polar surface area (TPSA) is 71.2 Å². The third kappa shape index (κ3) is 5.18. The van der Waals surface area contributed by atoms with E-state index in [-0.39, 0.29) is 17.6 Å². The van der Waals surface area contributed by atoms with E-state index in [0.717, 1.165) is 56.5 Å². The van der Waals surface area contributed by atoms with Gasteiger partial charge in [-0.05, 0) is 66.6 Å². The standard InChI is InChI=1S/C28H29ClN4O2S/c1-18(2)25-11-9-20(14-30-25)33(16-19-13-31-32(15-19)17-21-10-12-27(29)36-21)28(35)24-7-3-6-23-22(24)5-4-8-26(23)34/h4-5,8-15,18,24,34H,3,6-7,16-17H2,1-2H3. The van der Waals surface area contributed by atoms with E-state index in [0.29, 0.717) is 19.0 Å². The average Bonchev–Trinajstić information content (AvgIpc) is 3.50. The first-order chi connectivity index (χ1) is 17.4. The Morgan fingerprint density at radius 2 is 2.08 bits per heavy atom. The van der Waals surface area contributed by atoms with Gasteiger partial charge in [-0.15, -0.1) is 11.3 Å². The Bertz CT molecular complexity index is 1360. The summed E-state index contributed by atoms with van der Waals surface area (Å²) in [6.45, 7) is 5.22. The summed E-state index contributed by atoms with van der Waals surface area (Å²) >= 11 is 7.61. The molecule has 0 radical (unpaired) electrons. The number of halogens is 1. The second-order valence-corrected chi connectivity index (χ2v) is 11.4. The van der Waals surface area contributed by atoms with Crippen LogP contribution in [0.1, 0.15) is 65.8 Å². The van der Waals surface area contributed by atoms with Crippen LogP contribution in [0.3, 0.4) is 0 Å². The second-order valence-electron chi connectivity index (χ2n) is 9.56. The molecule has 0 saturated heterocycles. The zero-order valence-corrected chi connectivity index (χ0v) is 22.0. The molecule has 1 amide bonds. The Hall–Kier alpha value is -3.16. The first kappa shape index (κ1) is 24.5. The van der Waals surface area contributed by atoms with E-state index in [1.807, 2.05) is 58.4 Å². The van der Waals surface area contributed by atoms with E-state index in [1.165, 1.54) is 11.3 Å². The lowest BCUT2D eigenvalue weighted by molar-refractivity contribution is -0.120. The Balaban J connectivity index is 1.45. The van der Waals surface area contributed by atoms with Gasteiger partial charge >= 0.3 is 0 Å². The van der Waals surface area contributed by atoms with Crippen molar-refractivity contribution in [3.05, 3.63) is 92.7 Å². The van der Waals surface area contributed by atoms with Gasteiger partial charge in [0.15, 0.2) is 0 Å². The molecule has 186 valence electrons. The minimum Gasteiger partial charge on any atom is -0.508 e. The number of amides is 1. The molecule has 36 heavy (non-hydrogen) atoms. The van der Waals surface area contributed by atoms with Gasteiger partial charge in [0.2, 0.25) is 5.91 Å². The summed E-state index contributed by atoms with van der Waals surface area (Å²) in [5.41, 5.74) is 4.49. The predicted molar refractivity (Wildman–Crippen MR) is 144 cm³/mol. The Morgan fingerprint density at radius 1 is 1.22 bits per heavy atom. The minimum absolute atomic E-state index is 0.0124. The molecule has 6 nitrogen and oxygen atoms in total. The second kappa shape index (κ2) is 10.4. The number of anilines is 1. The quantitative estimate of drug-likeness (QED) is 0.301. The number of carbonyl (C=O) groups is 1. The van der Waals surface area contributed by atoms with E-state index in [9.17, 15) is 9.90 Å². The molecule has 3 heterocycles. The summed E-state index contributed by atoms with van der Waals surface area (Å²) in [6.07, 6.45) is 7.98. The summed E-state index contributed by atoms with van der Waals surface area (Å²) in [5.74, 6) is 0.280. The molecule has 1 aliphatic carbocycles. The average molecular weight is 521 g/mol. The number of rotatable bonds is 7. The summed E-state index contributed by atoms with van der Waals surface area (Å²) in [7, 11) is 0. The molecule has 4 aromatic rings. The number of pyridine rings is 1. The van der Waals surface area contributed by atoms with Crippen LogP contribution in [0.25, 0.3) is 0 Å². The number of aromatic nitrogens is 3. The molecular formula is C28H29ClN4O2S. The van der Waals surface area contributed by atoms with Crippen LogP contribution >= 0.6 is 22.9 Å². The molecule has 1 atom stereocenters. The maximum Gasteiger partial charge on any atom is 0.234 e. The maximum atomic E-state index is 14.1. The van der Waals surface area contributed by atoms with Gasteiger partial charge < -0.3 is 10.0 Å². The third-order valence-electron chi connectivity index (χ3n) is 6.69. The largest absolute Gasteiger partial charge is 0.508 e. The van der Waals surface area contributed by atoms with Crippen molar-refractivity contribution in [1.82, 2.24) is 14.8 Å². The molecule has 8 heteroatoms. The Kier molecular flexibility index (Phi) is 7.12. The number of aromatic hydroxyl groups is 1. The van der Waals surface area contributed by atoms with Crippen molar-refractivity contribution in [2.75, 3.05) is 4.90 Å². The number of benzene rings is 1. The number of phenols is 1. The zero-order valence-electron chi connectivity index (χ0n) is 20.4. The highest BCUT2D eigenvalue weighted by atomic mass is 35.5. The van der Waals surface area contributed by atoms with Crippen LogP contribution in [0, 0.1) is 0 Å². The van der Waals surface area contributed by atoms with Gasteiger partial charge in [-0.3, -0.25) is 14.5 Å². The molecule has 1 aromatic carbocycles. The molecule has 3 aromatic heterocycles. The number of carbonyl (C=O) groups excluding carboxylic acids is 1. The molecule has 0 aliphatic heterocycles. The van der Waals surface area contributed by atoms with Crippen molar-refractivity contribution < 1.29 is 9.90 Å². The van der Waals surface area contributed by atoms with E-state index < -0.39 is 0 Å². The van der Waals surface area contributed by atoms with E-state index in [1.54, 1.807) is 12.3 Å². The van der Waals surface area contributed by atoms with Crippen molar-refractivity contribution in [1.29, 1.82) is 0 Å². The van der Waals surface area contributed by atoms with Crippen molar-refractivity contribution in [3.63, 3.8) is 0 Å². The third-order valence-corrected chi connectivity index (χ3v) is 7.91. The van der Waals surface area contributed by atoms with Gasteiger partial charge in [0.25, 0.3) is 0 Å². The predicted octanol–water partition coefficient (Wildman–Crippen LogP) is 6.52. The van der Waals surface area contributed by atoms with E-state index in [4.69, 9.17) is 11.6 Å². The number of nitrogens with zero attached hydrogens (tertiary/aromatic N) is 4. The highest BCUT2D eigenvalue weighted by molar-refractivity contribution is 7.16. The van der Waals surface area contributed by atoms with Gasteiger partial charge in [-0.25, -0.2) is 0 Å². The Morgan fingerprint density at radius 3 is 2.81 bits per heavy atom. The minimum atomic E-state index is -0.311. The number of thiophene rings is 1. The lowest BCUT2D eigenvalue weighted by Crippen LogP contribution is -2.36. The normalized spacial score (nSPS) is 15.2. The summed E-state index contributed by atoms with van der Waals surface area (Å²) in [4.78, 5) is 21.6. The van der Waals surface area contributed by atoms with Gasteiger partial charge in [-0.1, -0.05) is 37.6 Å². The van der Waals surface area contributed by atoms with Gasteiger partial charge in [0.1, 0.15) is 5.75 Å². The SMILES string of the molecule is CC(C)c1ccc(N(Cc2cnn(Cc3ccc(Cl)s3)c2)C(=O)C2CCCc3c(O)cccc32)cn1.